The third-order valence-corrected chi connectivity index (χ3v) is 8.00. The van der Waals surface area contributed by atoms with Crippen LogP contribution in [0, 0.1) is 0 Å². The van der Waals surface area contributed by atoms with Gasteiger partial charge in [0, 0.05) is 32.4 Å². The van der Waals surface area contributed by atoms with Crippen LogP contribution in [-0.2, 0) is 51.2 Å². The standard InChI is InChI=1S/C33H42N6O10/c1-21(40)44-20-30-29(47-23(3)42)14-15-31(48-30)45-19-28(46-22(2)41)18-38-16-25(35-37-38)17-39(26-8-6-5-7-9-26)33-34-32(36-49-33)24-10-12-27(43-4)13-11-24/h10-16,26,28-31H,5-9,17-20H2,1-4H3/t28-,29+,30-,31+/m1/s1. The van der Waals surface area contributed by atoms with Crippen LogP contribution in [0.25, 0.3) is 11.4 Å². The van der Waals surface area contributed by atoms with Crippen molar-refractivity contribution >= 4 is 23.9 Å². The molecule has 2 aliphatic rings. The quantitative estimate of drug-likeness (QED) is 0.129. The number of hydrogen-bond donors (Lipinski definition) is 0. The Morgan fingerprint density at radius 3 is 2.49 bits per heavy atom. The van der Waals surface area contributed by atoms with E-state index in [0.717, 1.165) is 37.0 Å². The van der Waals surface area contributed by atoms with Gasteiger partial charge in [0.2, 0.25) is 5.82 Å². The molecule has 16 heteroatoms. The summed E-state index contributed by atoms with van der Waals surface area (Å²) >= 11 is 0. The van der Waals surface area contributed by atoms with Crippen LogP contribution >= 0.6 is 0 Å². The van der Waals surface area contributed by atoms with Crippen molar-refractivity contribution in [2.45, 2.75) is 96.6 Å². The molecule has 0 radical (unpaired) electrons. The third-order valence-electron chi connectivity index (χ3n) is 8.00. The highest BCUT2D eigenvalue weighted by molar-refractivity contribution is 5.67. The molecular formula is C33H42N6O10. The molecular weight excluding hydrogens is 640 g/mol. The number of carbonyl (C=O) groups excluding carboxylic acids is 3. The van der Waals surface area contributed by atoms with Crippen LogP contribution < -0.4 is 9.64 Å². The Morgan fingerprint density at radius 2 is 1.80 bits per heavy atom. The lowest BCUT2D eigenvalue weighted by Gasteiger charge is -2.32. The molecule has 1 saturated carbocycles. The highest BCUT2D eigenvalue weighted by atomic mass is 16.7. The second-order valence-corrected chi connectivity index (χ2v) is 11.8. The Hall–Kier alpha value is -4.83. The van der Waals surface area contributed by atoms with Gasteiger partial charge in [-0.25, -0.2) is 4.68 Å². The molecule has 0 N–H and O–H groups in total. The summed E-state index contributed by atoms with van der Waals surface area (Å²) in [5.41, 5.74) is 1.47. The zero-order valence-electron chi connectivity index (χ0n) is 28.1. The summed E-state index contributed by atoms with van der Waals surface area (Å²) in [6.45, 7) is 4.20. The van der Waals surface area contributed by atoms with E-state index in [1.807, 2.05) is 24.3 Å². The molecule has 1 aliphatic carbocycles. The van der Waals surface area contributed by atoms with Crippen LogP contribution in [-0.4, -0.2) is 94.0 Å². The van der Waals surface area contributed by atoms with E-state index < -0.39 is 42.5 Å². The van der Waals surface area contributed by atoms with Crippen LogP contribution in [0.3, 0.4) is 0 Å². The summed E-state index contributed by atoms with van der Waals surface area (Å²) in [6.07, 6.45) is 7.17. The smallest absolute Gasteiger partial charge is 0.325 e. The van der Waals surface area contributed by atoms with Crippen molar-refractivity contribution in [3.05, 3.63) is 48.3 Å². The maximum Gasteiger partial charge on any atom is 0.325 e. The van der Waals surface area contributed by atoms with Gasteiger partial charge in [0.1, 0.15) is 36.4 Å². The normalized spacial score (nSPS) is 20.0. The molecule has 0 saturated heterocycles. The van der Waals surface area contributed by atoms with E-state index in [1.165, 1.54) is 27.2 Å². The maximum absolute atomic E-state index is 12.0. The number of nitrogens with zero attached hydrogens (tertiary/aromatic N) is 6. The molecule has 16 nitrogen and oxygen atoms in total. The average Bonchev–Trinajstić information content (AvgIpc) is 3.76. The first-order valence-corrected chi connectivity index (χ1v) is 16.2. The number of carbonyl (C=O) groups is 3. The Labute approximate surface area is 283 Å². The topological polar surface area (TPSA) is 179 Å². The van der Waals surface area contributed by atoms with Crippen LogP contribution in [0.15, 0.2) is 47.1 Å². The number of ether oxygens (including phenoxy) is 6. The van der Waals surface area contributed by atoms with Gasteiger partial charge in [0.25, 0.3) is 0 Å². The van der Waals surface area contributed by atoms with E-state index in [1.54, 1.807) is 30.1 Å². The van der Waals surface area contributed by atoms with Gasteiger partial charge in [-0.1, -0.05) is 29.6 Å². The first-order valence-electron chi connectivity index (χ1n) is 16.2. The second kappa shape index (κ2) is 17.0. The summed E-state index contributed by atoms with van der Waals surface area (Å²) in [5, 5.41) is 12.9. The van der Waals surface area contributed by atoms with Crippen molar-refractivity contribution in [2.24, 2.45) is 0 Å². The number of rotatable bonds is 15. The van der Waals surface area contributed by atoms with Gasteiger partial charge >= 0.3 is 23.9 Å². The van der Waals surface area contributed by atoms with Gasteiger partial charge in [-0.05, 0) is 49.3 Å². The minimum absolute atomic E-state index is 0.0490. The van der Waals surface area contributed by atoms with Gasteiger partial charge in [0.15, 0.2) is 6.29 Å². The first kappa shape index (κ1) is 35.5. The van der Waals surface area contributed by atoms with Gasteiger partial charge in [-0.3, -0.25) is 14.4 Å². The Kier molecular flexibility index (Phi) is 12.3. The lowest BCUT2D eigenvalue weighted by molar-refractivity contribution is -0.205. The molecule has 0 spiro atoms. The fourth-order valence-electron chi connectivity index (χ4n) is 5.73. The van der Waals surface area contributed by atoms with Crippen LogP contribution in [0.5, 0.6) is 5.75 Å². The summed E-state index contributed by atoms with van der Waals surface area (Å²) in [6, 6.07) is 8.05. The minimum Gasteiger partial charge on any atom is -0.497 e. The van der Waals surface area contributed by atoms with E-state index >= 15 is 0 Å². The third kappa shape index (κ3) is 10.3. The fourth-order valence-corrected chi connectivity index (χ4v) is 5.73. The predicted octanol–water partition coefficient (Wildman–Crippen LogP) is 3.40. The number of methoxy groups -OCH3 is 1. The lowest BCUT2D eigenvalue weighted by atomic mass is 9.94. The van der Waals surface area contributed by atoms with Gasteiger partial charge in [-0.2, -0.15) is 4.98 Å². The molecule has 0 unspecified atom stereocenters. The monoisotopic (exact) mass is 682 g/mol. The summed E-state index contributed by atoms with van der Waals surface area (Å²) in [4.78, 5) is 41.7. The highest BCUT2D eigenvalue weighted by Crippen LogP contribution is 2.30. The zero-order chi connectivity index (χ0) is 34.8. The minimum atomic E-state index is -0.877. The van der Waals surface area contributed by atoms with E-state index in [2.05, 4.69) is 20.4 Å². The Morgan fingerprint density at radius 1 is 1.02 bits per heavy atom. The largest absolute Gasteiger partial charge is 0.497 e. The molecule has 2 aromatic heterocycles. The molecule has 1 fully saturated rings. The van der Waals surface area contributed by atoms with Gasteiger partial charge < -0.3 is 37.8 Å². The van der Waals surface area contributed by atoms with Crippen LogP contribution in [0.1, 0.15) is 58.6 Å². The van der Waals surface area contributed by atoms with Crippen LogP contribution in [0.4, 0.5) is 6.01 Å². The SMILES string of the molecule is COc1ccc(-c2noc(N(Cc3cn(C[C@H](CO[C@@H]4C=C[C@H](OC(C)=O)[C@@H](COC(C)=O)O4)OC(C)=O)nn3)C3CCCCC3)n2)cc1. The molecule has 49 heavy (non-hydrogen) atoms. The fraction of sp³-hybridized carbons (Fsp3) is 0.545. The van der Waals surface area contributed by atoms with Crippen LogP contribution in [0.2, 0.25) is 0 Å². The Bertz CT molecular complexity index is 1570. The molecule has 0 amide bonds. The second-order valence-electron chi connectivity index (χ2n) is 11.8. The molecule has 0 bridgehead atoms. The molecule has 3 heterocycles. The summed E-state index contributed by atoms with van der Waals surface area (Å²) < 4.78 is 40.2. The van der Waals surface area contributed by atoms with Crippen molar-refractivity contribution in [3.8, 4) is 17.1 Å². The van der Waals surface area contributed by atoms with Crippen molar-refractivity contribution in [3.63, 3.8) is 0 Å². The summed E-state index contributed by atoms with van der Waals surface area (Å²) in [5.74, 6) is -0.297. The lowest BCUT2D eigenvalue weighted by Crippen LogP contribution is -2.43. The predicted molar refractivity (Wildman–Crippen MR) is 171 cm³/mol. The van der Waals surface area contributed by atoms with Gasteiger partial charge in [-0.15, -0.1) is 5.10 Å². The van der Waals surface area contributed by atoms with Gasteiger partial charge in [0.05, 0.1) is 33.0 Å². The van der Waals surface area contributed by atoms with Crippen molar-refractivity contribution in [2.75, 3.05) is 25.2 Å². The molecule has 4 atom stereocenters. The number of hydrogen-bond acceptors (Lipinski definition) is 15. The number of aromatic nitrogens is 5. The first-order chi connectivity index (χ1) is 23.7. The number of esters is 3. The Balaban J connectivity index is 1.24. The maximum atomic E-state index is 12.0. The van der Waals surface area contributed by atoms with Crippen molar-refractivity contribution < 1.29 is 47.3 Å². The van der Waals surface area contributed by atoms with E-state index in [4.69, 9.17) is 37.9 Å². The number of anilines is 1. The highest BCUT2D eigenvalue weighted by Gasteiger charge is 2.32. The molecule has 3 aromatic rings. The number of benzene rings is 1. The summed E-state index contributed by atoms with van der Waals surface area (Å²) in [7, 11) is 1.61. The van der Waals surface area contributed by atoms with E-state index in [9.17, 15) is 14.4 Å². The molecule has 1 aliphatic heterocycles. The molecule has 264 valence electrons. The molecule has 5 rings (SSSR count). The van der Waals surface area contributed by atoms with Crippen molar-refractivity contribution in [1.82, 2.24) is 25.1 Å². The van der Waals surface area contributed by atoms with E-state index in [0.29, 0.717) is 24.1 Å². The average molecular weight is 683 g/mol. The van der Waals surface area contributed by atoms with E-state index in [-0.39, 0.29) is 25.8 Å². The van der Waals surface area contributed by atoms with Crippen molar-refractivity contribution in [1.29, 1.82) is 0 Å². The molecule has 1 aromatic carbocycles. The zero-order valence-corrected chi connectivity index (χ0v) is 28.1.